The summed E-state index contributed by atoms with van der Waals surface area (Å²) in [6, 6.07) is 0.143. The van der Waals surface area contributed by atoms with Gasteiger partial charge < -0.3 is 15.5 Å². The molecule has 16 heavy (non-hydrogen) atoms. The van der Waals surface area contributed by atoms with Crippen molar-refractivity contribution in [2.45, 2.75) is 38.3 Å². The van der Waals surface area contributed by atoms with Crippen LogP contribution in [-0.4, -0.2) is 54.5 Å². The van der Waals surface area contributed by atoms with Gasteiger partial charge in [-0.1, -0.05) is 0 Å². The Balaban J connectivity index is 1.90. The molecule has 2 aliphatic rings. The average Bonchev–Trinajstić information content (AvgIpc) is 2.98. The molecule has 1 saturated heterocycles. The Labute approximate surface area is 97.8 Å². The predicted molar refractivity (Wildman–Crippen MR) is 64.0 cm³/mol. The molecule has 4 nitrogen and oxygen atoms in total. The molecule has 2 unspecified atom stereocenters. The first-order valence-electron chi connectivity index (χ1n) is 6.32. The van der Waals surface area contributed by atoms with Crippen LogP contribution in [0.3, 0.4) is 0 Å². The monoisotopic (exact) mass is 225 g/mol. The Hall–Kier alpha value is -0.610. The van der Waals surface area contributed by atoms with Crippen LogP contribution in [0, 0.1) is 5.92 Å². The second-order valence-electron chi connectivity index (χ2n) is 5.43. The minimum Gasteiger partial charge on any atom is -0.338 e. The van der Waals surface area contributed by atoms with Crippen LogP contribution >= 0.6 is 0 Å². The molecule has 0 aromatic rings. The second kappa shape index (κ2) is 4.72. The quantitative estimate of drug-likeness (QED) is 0.747. The standard InChI is InChI=1S/C12H23N3O/c1-9(13)12(16)15(11-3-4-11)8-10-5-6-14(2)7-10/h9-11H,3-8,13H2,1-2H3. The van der Waals surface area contributed by atoms with Crippen LogP contribution in [0.15, 0.2) is 0 Å². The molecule has 0 bridgehead atoms. The van der Waals surface area contributed by atoms with Gasteiger partial charge in [0.05, 0.1) is 6.04 Å². The summed E-state index contributed by atoms with van der Waals surface area (Å²) in [6.07, 6.45) is 3.55. The van der Waals surface area contributed by atoms with Gasteiger partial charge in [0.15, 0.2) is 0 Å². The molecule has 0 radical (unpaired) electrons. The Morgan fingerprint density at radius 1 is 1.50 bits per heavy atom. The predicted octanol–water partition coefficient (Wildman–Crippen LogP) is 0.276. The van der Waals surface area contributed by atoms with Crippen molar-refractivity contribution in [1.82, 2.24) is 9.80 Å². The van der Waals surface area contributed by atoms with E-state index in [1.807, 2.05) is 4.90 Å². The summed E-state index contributed by atoms with van der Waals surface area (Å²) in [5.41, 5.74) is 5.70. The zero-order valence-electron chi connectivity index (χ0n) is 10.4. The lowest BCUT2D eigenvalue weighted by atomic mass is 10.1. The lowest BCUT2D eigenvalue weighted by Crippen LogP contribution is -2.45. The highest BCUT2D eigenvalue weighted by Gasteiger charge is 2.35. The molecule has 1 heterocycles. The van der Waals surface area contributed by atoms with Crippen LogP contribution in [-0.2, 0) is 4.79 Å². The summed E-state index contributed by atoms with van der Waals surface area (Å²) in [4.78, 5) is 16.4. The smallest absolute Gasteiger partial charge is 0.239 e. The number of nitrogens with two attached hydrogens (primary N) is 1. The molecule has 0 spiro atoms. The Bertz CT molecular complexity index is 263. The maximum absolute atomic E-state index is 12.0. The Kier molecular flexibility index (Phi) is 3.50. The van der Waals surface area contributed by atoms with Crippen LogP contribution in [0.25, 0.3) is 0 Å². The van der Waals surface area contributed by atoms with Crippen LogP contribution in [0.1, 0.15) is 26.2 Å². The van der Waals surface area contributed by atoms with Gasteiger partial charge in [0.1, 0.15) is 0 Å². The molecular weight excluding hydrogens is 202 g/mol. The van der Waals surface area contributed by atoms with E-state index < -0.39 is 0 Å². The van der Waals surface area contributed by atoms with Crippen LogP contribution in [0.5, 0.6) is 0 Å². The van der Waals surface area contributed by atoms with Gasteiger partial charge >= 0.3 is 0 Å². The third kappa shape index (κ3) is 2.74. The van der Waals surface area contributed by atoms with Crippen molar-refractivity contribution in [3.63, 3.8) is 0 Å². The SMILES string of the molecule is CC(N)C(=O)N(CC1CCN(C)C1)C1CC1. The molecular formula is C12H23N3O. The van der Waals surface area contributed by atoms with E-state index in [1.54, 1.807) is 6.92 Å². The number of carbonyl (C=O) groups is 1. The van der Waals surface area contributed by atoms with E-state index in [2.05, 4.69) is 11.9 Å². The van der Waals surface area contributed by atoms with Gasteiger partial charge in [0.2, 0.25) is 5.91 Å². The van der Waals surface area contributed by atoms with Crippen LogP contribution < -0.4 is 5.73 Å². The Morgan fingerprint density at radius 3 is 2.62 bits per heavy atom. The molecule has 1 aliphatic heterocycles. The minimum absolute atomic E-state index is 0.136. The molecule has 0 aromatic heterocycles. The van der Waals surface area contributed by atoms with Crippen LogP contribution in [0.4, 0.5) is 0 Å². The first-order valence-corrected chi connectivity index (χ1v) is 6.32. The van der Waals surface area contributed by atoms with Crippen molar-refractivity contribution in [2.75, 3.05) is 26.7 Å². The van der Waals surface area contributed by atoms with Crippen molar-refractivity contribution < 1.29 is 4.79 Å². The first kappa shape index (κ1) is 11.9. The van der Waals surface area contributed by atoms with Crippen molar-refractivity contribution in [2.24, 2.45) is 11.7 Å². The molecule has 2 atom stereocenters. The fraction of sp³-hybridized carbons (Fsp3) is 0.917. The minimum atomic E-state index is -0.347. The summed E-state index contributed by atoms with van der Waals surface area (Å²) >= 11 is 0. The highest BCUT2D eigenvalue weighted by molar-refractivity contribution is 5.81. The fourth-order valence-electron chi connectivity index (χ4n) is 2.52. The molecule has 1 amide bonds. The number of hydrogen-bond acceptors (Lipinski definition) is 3. The van der Waals surface area contributed by atoms with Gasteiger partial charge in [0.25, 0.3) is 0 Å². The normalized spacial score (nSPS) is 28.1. The van der Waals surface area contributed by atoms with E-state index in [0.717, 1.165) is 19.6 Å². The van der Waals surface area contributed by atoms with Crippen LogP contribution in [0.2, 0.25) is 0 Å². The van der Waals surface area contributed by atoms with Gasteiger partial charge in [0, 0.05) is 19.1 Å². The summed E-state index contributed by atoms with van der Waals surface area (Å²) in [5, 5.41) is 0. The Morgan fingerprint density at radius 2 is 2.19 bits per heavy atom. The topological polar surface area (TPSA) is 49.6 Å². The fourth-order valence-corrected chi connectivity index (χ4v) is 2.52. The van der Waals surface area contributed by atoms with Gasteiger partial charge in [-0.05, 0) is 45.7 Å². The van der Waals surface area contributed by atoms with Crippen molar-refractivity contribution >= 4 is 5.91 Å². The number of amides is 1. The van der Waals surface area contributed by atoms with Crippen molar-refractivity contribution in [1.29, 1.82) is 0 Å². The maximum atomic E-state index is 12.0. The van der Waals surface area contributed by atoms with E-state index in [0.29, 0.717) is 12.0 Å². The highest BCUT2D eigenvalue weighted by atomic mass is 16.2. The number of likely N-dealkylation sites (tertiary alicyclic amines) is 1. The largest absolute Gasteiger partial charge is 0.338 e. The molecule has 0 aromatic carbocycles. The van der Waals surface area contributed by atoms with E-state index in [-0.39, 0.29) is 11.9 Å². The van der Waals surface area contributed by atoms with E-state index in [1.165, 1.54) is 19.3 Å². The summed E-state index contributed by atoms with van der Waals surface area (Å²) in [5.74, 6) is 0.783. The summed E-state index contributed by atoms with van der Waals surface area (Å²) in [7, 11) is 2.15. The van der Waals surface area contributed by atoms with Gasteiger partial charge in [-0.2, -0.15) is 0 Å². The number of nitrogens with zero attached hydrogens (tertiary/aromatic N) is 2. The average molecular weight is 225 g/mol. The molecule has 2 N–H and O–H groups in total. The van der Waals surface area contributed by atoms with Gasteiger partial charge in [-0.3, -0.25) is 4.79 Å². The third-order valence-electron chi connectivity index (χ3n) is 3.60. The van der Waals surface area contributed by atoms with Gasteiger partial charge in [-0.25, -0.2) is 0 Å². The van der Waals surface area contributed by atoms with Crippen molar-refractivity contribution in [3.8, 4) is 0 Å². The lowest BCUT2D eigenvalue weighted by Gasteiger charge is -2.27. The first-order chi connectivity index (χ1) is 7.58. The van der Waals surface area contributed by atoms with E-state index >= 15 is 0 Å². The molecule has 92 valence electrons. The second-order valence-corrected chi connectivity index (χ2v) is 5.43. The molecule has 1 saturated carbocycles. The number of carbonyl (C=O) groups excluding carboxylic acids is 1. The third-order valence-corrected chi connectivity index (χ3v) is 3.60. The summed E-state index contributed by atoms with van der Waals surface area (Å²) in [6.45, 7) is 4.98. The van der Waals surface area contributed by atoms with Crippen molar-refractivity contribution in [3.05, 3.63) is 0 Å². The van der Waals surface area contributed by atoms with Gasteiger partial charge in [-0.15, -0.1) is 0 Å². The van der Waals surface area contributed by atoms with E-state index in [9.17, 15) is 4.79 Å². The zero-order chi connectivity index (χ0) is 11.7. The maximum Gasteiger partial charge on any atom is 0.239 e. The molecule has 2 fully saturated rings. The highest BCUT2D eigenvalue weighted by Crippen LogP contribution is 2.29. The zero-order valence-corrected chi connectivity index (χ0v) is 10.4. The van der Waals surface area contributed by atoms with E-state index in [4.69, 9.17) is 5.73 Å². The lowest BCUT2D eigenvalue weighted by molar-refractivity contribution is -0.133. The summed E-state index contributed by atoms with van der Waals surface area (Å²) < 4.78 is 0. The number of rotatable bonds is 4. The molecule has 1 aliphatic carbocycles. The molecule has 4 heteroatoms. The number of hydrogen-bond donors (Lipinski definition) is 1. The molecule has 2 rings (SSSR count).